The monoisotopic (exact) mass is 284 g/mol. The van der Waals surface area contributed by atoms with Crippen molar-refractivity contribution in [2.75, 3.05) is 26.7 Å². The Labute approximate surface area is 121 Å². The van der Waals surface area contributed by atoms with Crippen LogP contribution in [0.4, 0.5) is 0 Å². The summed E-state index contributed by atoms with van der Waals surface area (Å²) in [5, 5.41) is 11.8. The number of likely N-dealkylation sites (tertiary alicyclic amines) is 1. The minimum atomic E-state index is -0.856. The molecule has 116 valence electrons. The third kappa shape index (κ3) is 5.90. The van der Waals surface area contributed by atoms with Gasteiger partial charge < -0.3 is 15.3 Å². The number of carbonyl (C=O) groups excluding carboxylic acids is 1. The van der Waals surface area contributed by atoms with Crippen molar-refractivity contribution in [3.8, 4) is 0 Å². The number of piperidine rings is 1. The van der Waals surface area contributed by atoms with E-state index in [0.717, 1.165) is 25.9 Å². The van der Waals surface area contributed by atoms with Crippen LogP contribution in [-0.2, 0) is 9.59 Å². The summed E-state index contributed by atoms with van der Waals surface area (Å²) in [6.07, 6.45) is 2.45. The molecule has 1 saturated heterocycles. The molecule has 1 fully saturated rings. The minimum Gasteiger partial charge on any atom is -0.481 e. The summed E-state index contributed by atoms with van der Waals surface area (Å²) < 4.78 is 0. The van der Waals surface area contributed by atoms with Gasteiger partial charge in [-0.15, -0.1) is 0 Å². The Morgan fingerprint density at radius 1 is 1.25 bits per heavy atom. The Bertz CT molecular complexity index is 358. The fraction of sp³-hybridized carbons (Fsp3) is 0.867. The second-order valence-corrected chi connectivity index (χ2v) is 7.30. The van der Waals surface area contributed by atoms with E-state index in [4.69, 9.17) is 5.11 Å². The summed E-state index contributed by atoms with van der Waals surface area (Å²) in [6.45, 7) is 8.66. The first-order valence-corrected chi connectivity index (χ1v) is 7.29. The van der Waals surface area contributed by atoms with Gasteiger partial charge in [-0.3, -0.25) is 9.59 Å². The first-order valence-electron chi connectivity index (χ1n) is 7.29. The highest BCUT2D eigenvalue weighted by atomic mass is 16.4. The molecule has 0 saturated carbocycles. The molecule has 0 aromatic heterocycles. The van der Waals surface area contributed by atoms with Crippen LogP contribution in [0.1, 0.15) is 46.5 Å². The van der Waals surface area contributed by atoms with Crippen molar-refractivity contribution in [2.24, 2.45) is 10.8 Å². The Hall–Kier alpha value is -1.10. The zero-order valence-electron chi connectivity index (χ0n) is 13.2. The molecule has 0 spiro atoms. The number of carbonyl (C=O) groups is 2. The molecular formula is C15H28N2O3. The molecule has 1 rings (SSSR count). The van der Waals surface area contributed by atoms with Crippen LogP contribution >= 0.6 is 0 Å². The van der Waals surface area contributed by atoms with Crippen molar-refractivity contribution in [3.63, 3.8) is 0 Å². The highest BCUT2D eigenvalue weighted by Crippen LogP contribution is 2.30. The Balaban J connectivity index is 2.38. The van der Waals surface area contributed by atoms with Crippen molar-refractivity contribution in [2.45, 2.75) is 46.5 Å². The van der Waals surface area contributed by atoms with Crippen molar-refractivity contribution in [3.05, 3.63) is 0 Å². The molecule has 1 amide bonds. The summed E-state index contributed by atoms with van der Waals surface area (Å²) in [5.41, 5.74) is -0.331. The van der Waals surface area contributed by atoms with Crippen molar-refractivity contribution < 1.29 is 14.7 Å². The number of nitrogens with one attached hydrogen (secondary N) is 1. The molecular weight excluding hydrogens is 256 g/mol. The summed E-state index contributed by atoms with van der Waals surface area (Å²) >= 11 is 0. The van der Waals surface area contributed by atoms with Crippen LogP contribution in [0.3, 0.4) is 0 Å². The Morgan fingerprint density at radius 3 is 2.30 bits per heavy atom. The van der Waals surface area contributed by atoms with E-state index in [-0.39, 0.29) is 24.2 Å². The van der Waals surface area contributed by atoms with E-state index in [2.05, 4.69) is 24.2 Å². The van der Waals surface area contributed by atoms with Crippen molar-refractivity contribution in [1.29, 1.82) is 0 Å². The summed E-state index contributed by atoms with van der Waals surface area (Å²) in [5.74, 6) is -0.901. The number of rotatable bonds is 6. The molecule has 20 heavy (non-hydrogen) atoms. The first kappa shape index (κ1) is 17.0. The molecule has 5 nitrogen and oxygen atoms in total. The van der Waals surface area contributed by atoms with Gasteiger partial charge in [0.15, 0.2) is 0 Å². The summed E-state index contributed by atoms with van der Waals surface area (Å²) in [6, 6.07) is 0. The lowest BCUT2D eigenvalue weighted by Gasteiger charge is -2.38. The van der Waals surface area contributed by atoms with Crippen molar-refractivity contribution >= 4 is 11.9 Å². The molecule has 2 N–H and O–H groups in total. The van der Waals surface area contributed by atoms with E-state index in [0.29, 0.717) is 6.54 Å². The number of hydrogen-bond donors (Lipinski definition) is 2. The van der Waals surface area contributed by atoms with Gasteiger partial charge in [-0.25, -0.2) is 0 Å². The number of aliphatic carboxylic acids is 1. The van der Waals surface area contributed by atoms with E-state index in [1.54, 1.807) is 0 Å². The average Bonchev–Trinajstić information content (AvgIpc) is 2.29. The fourth-order valence-electron chi connectivity index (χ4n) is 2.62. The predicted octanol–water partition coefficient (Wildman–Crippen LogP) is 1.73. The molecule has 0 aromatic rings. The van der Waals surface area contributed by atoms with Gasteiger partial charge in [0.05, 0.1) is 6.42 Å². The quantitative estimate of drug-likeness (QED) is 0.779. The van der Waals surface area contributed by atoms with Crippen LogP contribution in [0.2, 0.25) is 0 Å². The SMILES string of the molecule is CN1CCC(C)(CNC(=O)CC(C)(C)CC(=O)O)CC1. The maximum atomic E-state index is 12.0. The van der Waals surface area contributed by atoms with Crippen LogP contribution in [0.5, 0.6) is 0 Å². The van der Waals surface area contributed by atoms with Crippen LogP contribution in [-0.4, -0.2) is 48.6 Å². The molecule has 0 unspecified atom stereocenters. The van der Waals surface area contributed by atoms with Gasteiger partial charge in [0.25, 0.3) is 0 Å². The van der Waals surface area contributed by atoms with Crippen LogP contribution in [0, 0.1) is 10.8 Å². The van der Waals surface area contributed by atoms with Gasteiger partial charge in [0, 0.05) is 13.0 Å². The summed E-state index contributed by atoms with van der Waals surface area (Å²) in [7, 11) is 2.12. The Morgan fingerprint density at radius 2 is 1.80 bits per heavy atom. The van der Waals surface area contributed by atoms with Crippen LogP contribution in [0.15, 0.2) is 0 Å². The molecule has 0 aromatic carbocycles. The van der Waals surface area contributed by atoms with Gasteiger partial charge in [-0.2, -0.15) is 0 Å². The number of hydrogen-bond acceptors (Lipinski definition) is 3. The van der Waals surface area contributed by atoms with Gasteiger partial charge >= 0.3 is 5.97 Å². The fourth-order valence-corrected chi connectivity index (χ4v) is 2.62. The second-order valence-electron chi connectivity index (χ2n) is 7.30. The lowest BCUT2D eigenvalue weighted by Crippen LogP contribution is -2.44. The zero-order chi connectivity index (χ0) is 15.4. The smallest absolute Gasteiger partial charge is 0.303 e. The number of carboxylic acid groups (broad SMARTS) is 1. The van der Waals surface area contributed by atoms with Crippen LogP contribution < -0.4 is 5.32 Å². The Kier molecular flexibility index (Phi) is 5.57. The lowest BCUT2D eigenvalue weighted by molar-refractivity contribution is -0.139. The standard InChI is InChI=1S/C15H28N2O3/c1-14(2,10-13(19)20)9-12(18)16-11-15(3)5-7-17(4)8-6-15/h5-11H2,1-4H3,(H,16,18)(H,19,20). The van der Waals surface area contributed by atoms with Crippen LogP contribution in [0.25, 0.3) is 0 Å². The molecule has 1 aliphatic heterocycles. The number of amides is 1. The highest BCUT2D eigenvalue weighted by Gasteiger charge is 2.30. The molecule has 1 heterocycles. The predicted molar refractivity (Wildman–Crippen MR) is 78.5 cm³/mol. The molecule has 0 atom stereocenters. The zero-order valence-corrected chi connectivity index (χ0v) is 13.2. The van der Waals surface area contributed by atoms with E-state index in [1.165, 1.54) is 0 Å². The van der Waals surface area contributed by atoms with Gasteiger partial charge in [-0.1, -0.05) is 20.8 Å². The van der Waals surface area contributed by atoms with Crippen molar-refractivity contribution in [1.82, 2.24) is 10.2 Å². The largest absolute Gasteiger partial charge is 0.481 e. The average molecular weight is 284 g/mol. The number of carboxylic acids is 1. The maximum absolute atomic E-state index is 12.0. The lowest BCUT2D eigenvalue weighted by atomic mass is 9.80. The van der Waals surface area contributed by atoms with E-state index >= 15 is 0 Å². The first-order chi connectivity index (χ1) is 9.12. The van der Waals surface area contributed by atoms with Gasteiger partial charge in [0.1, 0.15) is 0 Å². The minimum absolute atomic E-state index is 0.0164. The topological polar surface area (TPSA) is 69.6 Å². The van der Waals surface area contributed by atoms with Gasteiger partial charge in [0.2, 0.25) is 5.91 Å². The second kappa shape index (κ2) is 6.57. The normalized spacial score (nSPS) is 19.6. The molecule has 5 heteroatoms. The summed E-state index contributed by atoms with van der Waals surface area (Å²) in [4.78, 5) is 25.0. The third-order valence-corrected chi connectivity index (χ3v) is 4.18. The molecule has 1 aliphatic rings. The molecule has 0 radical (unpaired) electrons. The van der Waals surface area contributed by atoms with E-state index < -0.39 is 11.4 Å². The number of nitrogens with zero attached hydrogens (tertiary/aromatic N) is 1. The maximum Gasteiger partial charge on any atom is 0.303 e. The van der Waals surface area contributed by atoms with E-state index in [1.807, 2.05) is 13.8 Å². The molecule has 0 aliphatic carbocycles. The molecule has 0 bridgehead atoms. The van der Waals surface area contributed by atoms with Gasteiger partial charge in [-0.05, 0) is 43.8 Å². The van der Waals surface area contributed by atoms with E-state index in [9.17, 15) is 9.59 Å². The highest BCUT2D eigenvalue weighted by molar-refractivity contribution is 5.77. The third-order valence-electron chi connectivity index (χ3n) is 4.18.